The van der Waals surface area contributed by atoms with E-state index in [4.69, 9.17) is 9.15 Å². The van der Waals surface area contributed by atoms with Crippen molar-refractivity contribution in [3.05, 3.63) is 24.2 Å². The number of hydrogen-bond donors (Lipinski definition) is 0. The summed E-state index contributed by atoms with van der Waals surface area (Å²) in [7, 11) is 0. The lowest BCUT2D eigenvalue weighted by Crippen LogP contribution is -2.38. The third-order valence-electron chi connectivity index (χ3n) is 2.76. The van der Waals surface area contributed by atoms with E-state index < -0.39 is 5.97 Å². The zero-order valence-corrected chi connectivity index (χ0v) is 9.55. The lowest BCUT2D eigenvalue weighted by atomic mass is 10.1. The van der Waals surface area contributed by atoms with Crippen molar-refractivity contribution >= 4 is 11.9 Å². The predicted molar refractivity (Wildman–Crippen MR) is 59.4 cm³/mol. The number of hydrogen-bond acceptors (Lipinski definition) is 4. The van der Waals surface area contributed by atoms with Gasteiger partial charge in [0, 0.05) is 13.1 Å². The van der Waals surface area contributed by atoms with Gasteiger partial charge in [-0.05, 0) is 31.4 Å². The molecule has 1 saturated heterocycles. The van der Waals surface area contributed by atoms with Crippen LogP contribution in [0.3, 0.4) is 0 Å². The van der Waals surface area contributed by atoms with Gasteiger partial charge in [0.2, 0.25) is 5.76 Å². The Bertz CT molecular complexity index is 379. The zero-order chi connectivity index (χ0) is 12.1. The van der Waals surface area contributed by atoms with E-state index in [0.29, 0.717) is 0 Å². The van der Waals surface area contributed by atoms with Crippen LogP contribution in [0, 0.1) is 0 Å². The van der Waals surface area contributed by atoms with E-state index in [9.17, 15) is 9.59 Å². The first-order valence-electron chi connectivity index (χ1n) is 5.76. The van der Waals surface area contributed by atoms with Crippen molar-refractivity contribution < 1.29 is 18.7 Å². The van der Waals surface area contributed by atoms with E-state index in [0.717, 1.165) is 32.4 Å². The Morgan fingerprint density at radius 1 is 1.29 bits per heavy atom. The minimum atomic E-state index is -0.597. The maximum atomic E-state index is 11.7. The summed E-state index contributed by atoms with van der Waals surface area (Å²) in [5, 5.41) is 0. The van der Waals surface area contributed by atoms with E-state index in [2.05, 4.69) is 0 Å². The highest BCUT2D eigenvalue weighted by Crippen LogP contribution is 2.09. The van der Waals surface area contributed by atoms with Crippen LogP contribution in [0.4, 0.5) is 0 Å². The molecule has 5 nitrogen and oxygen atoms in total. The molecule has 0 saturated carbocycles. The zero-order valence-electron chi connectivity index (χ0n) is 9.55. The van der Waals surface area contributed by atoms with Gasteiger partial charge in [-0.15, -0.1) is 0 Å². The van der Waals surface area contributed by atoms with Crippen LogP contribution in [-0.4, -0.2) is 36.5 Å². The highest BCUT2D eigenvalue weighted by atomic mass is 16.5. The van der Waals surface area contributed by atoms with Crippen LogP contribution >= 0.6 is 0 Å². The van der Waals surface area contributed by atoms with Crippen molar-refractivity contribution in [2.75, 3.05) is 19.7 Å². The maximum absolute atomic E-state index is 11.7. The molecule has 0 N–H and O–H groups in total. The number of carbonyl (C=O) groups excluding carboxylic acids is 2. The summed E-state index contributed by atoms with van der Waals surface area (Å²) in [6.45, 7) is 1.31. The average Bonchev–Trinajstić information content (AvgIpc) is 2.90. The highest BCUT2D eigenvalue weighted by Gasteiger charge is 2.19. The average molecular weight is 237 g/mol. The van der Waals surface area contributed by atoms with E-state index in [1.807, 2.05) is 0 Å². The van der Waals surface area contributed by atoms with Gasteiger partial charge in [-0.25, -0.2) is 4.79 Å². The molecule has 17 heavy (non-hydrogen) atoms. The van der Waals surface area contributed by atoms with Crippen molar-refractivity contribution in [1.29, 1.82) is 0 Å². The number of carbonyl (C=O) groups is 2. The van der Waals surface area contributed by atoms with Crippen LogP contribution in [0.5, 0.6) is 0 Å². The minimum absolute atomic E-state index is 0.122. The second-order valence-electron chi connectivity index (χ2n) is 3.99. The predicted octanol–water partition coefficient (Wildman–Crippen LogP) is 1.45. The van der Waals surface area contributed by atoms with E-state index >= 15 is 0 Å². The molecule has 1 aromatic rings. The van der Waals surface area contributed by atoms with Gasteiger partial charge in [0.15, 0.2) is 6.61 Å². The molecule has 0 spiro atoms. The van der Waals surface area contributed by atoms with Gasteiger partial charge in [0.1, 0.15) is 0 Å². The summed E-state index contributed by atoms with van der Waals surface area (Å²) in [6, 6.07) is 3.11. The van der Waals surface area contributed by atoms with Crippen LogP contribution in [0.25, 0.3) is 0 Å². The molecule has 1 aliphatic heterocycles. The summed E-state index contributed by atoms with van der Waals surface area (Å²) in [4.78, 5) is 24.8. The monoisotopic (exact) mass is 237 g/mol. The fraction of sp³-hybridized carbons (Fsp3) is 0.500. The molecule has 5 heteroatoms. The summed E-state index contributed by atoms with van der Waals surface area (Å²) in [6.07, 6.45) is 4.61. The van der Waals surface area contributed by atoms with Gasteiger partial charge in [-0.3, -0.25) is 4.79 Å². The Morgan fingerprint density at radius 2 is 2.06 bits per heavy atom. The van der Waals surface area contributed by atoms with Gasteiger partial charge >= 0.3 is 5.97 Å². The number of piperidine rings is 1. The Hall–Kier alpha value is -1.78. The molecule has 1 aromatic heterocycles. The molecule has 1 amide bonds. The fourth-order valence-corrected chi connectivity index (χ4v) is 1.83. The van der Waals surface area contributed by atoms with Crippen molar-refractivity contribution in [3.63, 3.8) is 0 Å². The van der Waals surface area contributed by atoms with Crippen LogP contribution in [0.1, 0.15) is 29.8 Å². The van der Waals surface area contributed by atoms with E-state index in [1.165, 1.54) is 12.3 Å². The number of esters is 1. The van der Waals surface area contributed by atoms with Crippen LogP contribution in [-0.2, 0) is 9.53 Å². The molecule has 2 rings (SSSR count). The second kappa shape index (κ2) is 5.52. The molecule has 0 bridgehead atoms. The summed E-state index contributed by atoms with van der Waals surface area (Å²) in [5.41, 5.74) is 0. The van der Waals surface area contributed by atoms with Crippen molar-refractivity contribution in [2.45, 2.75) is 19.3 Å². The Balaban J connectivity index is 1.77. The number of ether oxygens (including phenoxy) is 1. The normalized spacial score (nSPS) is 15.6. The molecule has 0 aromatic carbocycles. The Morgan fingerprint density at radius 3 is 2.71 bits per heavy atom. The van der Waals surface area contributed by atoms with Gasteiger partial charge in [0.25, 0.3) is 5.91 Å². The summed E-state index contributed by atoms with van der Waals surface area (Å²) in [5.74, 6) is -0.610. The number of furan rings is 1. The quantitative estimate of drug-likeness (QED) is 0.746. The van der Waals surface area contributed by atoms with Gasteiger partial charge in [-0.1, -0.05) is 0 Å². The number of likely N-dealkylation sites (tertiary alicyclic amines) is 1. The standard InChI is InChI=1S/C12H15NO4/c14-11(13-6-2-1-3-7-13)9-17-12(15)10-5-4-8-16-10/h4-5,8H,1-3,6-7,9H2. The van der Waals surface area contributed by atoms with Crippen molar-refractivity contribution in [2.24, 2.45) is 0 Å². The first kappa shape index (κ1) is 11.7. The third-order valence-corrected chi connectivity index (χ3v) is 2.76. The third kappa shape index (κ3) is 3.09. The van der Waals surface area contributed by atoms with Gasteiger partial charge in [-0.2, -0.15) is 0 Å². The smallest absolute Gasteiger partial charge is 0.374 e. The number of amides is 1. The Kier molecular flexibility index (Phi) is 3.80. The maximum Gasteiger partial charge on any atom is 0.374 e. The topological polar surface area (TPSA) is 59.8 Å². The first-order valence-corrected chi connectivity index (χ1v) is 5.76. The molecule has 0 atom stereocenters. The lowest BCUT2D eigenvalue weighted by Gasteiger charge is -2.26. The second-order valence-corrected chi connectivity index (χ2v) is 3.99. The van der Waals surface area contributed by atoms with Crippen LogP contribution < -0.4 is 0 Å². The molecular weight excluding hydrogens is 222 g/mol. The lowest BCUT2D eigenvalue weighted by molar-refractivity contribution is -0.135. The number of rotatable bonds is 3. The van der Waals surface area contributed by atoms with Crippen LogP contribution in [0.2, 0.25) is 0 Å². The Labute approximate surface area is 99.3 Å². The van der Waals surface area contributed by atoms with E-state index in [-0.39, 0.29) is 18.3 Å². The summed E-state index contributed by atoms with van der Waals surface area (Å²) < 4.78 is 9.75. The van der Waals surface area contributed by atoms with E-state index in [1.54, 1.807) is 11.0 Å². The first-order chi connectivity index (χ1) is 8.27. The molecule has 0 aliphatic carbocycles. The molecule has 1 fully saturated rings. The molecule has 1 aliphatic rings. The number of nitrogens with zero attached hydrogens (tertiary/aromatic N) is 1. The van der Waals surface area contributed by atoms with Crippen molar-refractivity contribution in [1.82, 2.24) is 4.90 Å². The molecule has 2 heterocycles. The highest BCUT2D eigenvalue weighted by molar-refractivity contribution is 5.88. The van der Waals surface area contributed by atoms with Gasteiger partial charge in [0.05, 0.1) is 6.26 Å². The van der Waals surface area contributed by atoms with Crippen molar-refractivity contribution in [3.8, 4) is 0 Å². The fourth-order valence-electron chi connectivity index (χ4n) is 1.83. The van der Waals surface area contributed by atoms with Crippen LogP contribution in [0.15, 0.2) is 22.8 Å². The molecule has 92 valence electrons. The SMILES string of the molecule is O=C(OCC(=O)N1CCCCC1)c1ccco1. The van der Waals surface area contributed by atoms with Gasteiger partial charge < -0.3 is 14.1 Å². The largest absolute Gasteiger partial charge is 0.457 e. The molecular formula is C12H15NO4. The molecule has 0 unspecified atom stereocenters. The molecule has 0 radical (unpaired) electrons. The minimum Gasteiger partial charge on any atom is -0.457 e. The summed E-state index contributed by atoms with van der Waals surface area (Å²) >= 11 is 0.